The van der Waals surface area contributed by atoms with Crippen molar-refractivity contribution in [2.45, 2.75) is 52.0 Å². The van der Waals surface area contributed by atoms with Crippen molar-refractivity contribution in [2.24, 2.45) is 0 Å². The third-order valence-corrected chi connectivity index (χ3v) is 4.61. The molecular formula is C16H23ClN2O2. The zero-order chi connectivity index (χ0) is 15.4. The van der Waals surface area contributed by atoms with Crippen molar-refractivity contribution in [3.8, 4) is 0 Å². The predicted octanol–water partition coefficient (Wildman–Crippen LogP) is 4.23. The van der Waals surface area contributed by atoms with Gasteiger partial charge >= 0.3 is 0 Å². The normalized spacial score (nSPS) is 17.8. The minimum Gasteiger partial charge on any atom is -0.300 e. The highest BCUT2D eigenvalue weighted by Crippen LogP contribution is 2.35. The molecule has 4 nitrogen and oxygen atoms in total. The summed E-state index contributed by atoms with van der Waals surface area (Å²) in [5.41, 5.74) is 2.06. The molecule has 0 N–H and O–H groups in total. The zero-order valence-electron chi connectivity index (χ0n) is 12.8. The molecule has 2 rings (SSSR count). The Balaban J connectivity index is 2.27. The Hall–Kier alpha value is -1.13. The Morgan fingerprint density at radius 3 is 2.52 bits per heavy atom. The quantitative estimate of drug-likeness (QED) is 0.583. The van der Waals surface area contributed by atoms with E-state index in [0.717, 1.165) is 56.3 Å². The molecule has 0 saturated heterocycles. The van der Waals surface area contributed by atoms with Crippen LogP contribution in [-0.4, -0.2) is 29.0 Å². The molecule has 116 valence electrons. The Morgan fingerprint density at radius 2 is 1.95 bits per heavy atom. The molecule has 0 saturated carbocycles. The van der Waals surface area contributed by atoms with Crippen LogP contribution in [0.3, 0.4) is 0 Å². The first-order valence-electron chi connectivity index (χ1n) is 7.77. The number of rotatable bonds is 6. The molecule has 0 bridgehead atoms. The molecule has 1 aliphatic rings. The minimum absolute atomic E-state index is 0.227. The van der Waals surface area contributed by atoms with Gasteiger partial charge < -0.3 is 4.90 Å². The van der Waals surface area contributed by atoms with Crippen LogP contribution in [0.5, 0.6) is 0 Å². The van der Waals surface area contributed by atoms with Crippen molar-refractivity contribution < 1.29 is 4.92 Å². The van der Waals surface area contributed by atoms with Gasteiger partial charge in [0.1, 0.15) is 0 Å². The van der Waals surface area contributed by atoms with E-state index in [9.17, 15) is 10.1 Å². The molecule has 0 radical (unpaired) electrons. The number of nitrogens with zero attached hydrogens (tertiary/aromatic N) is 2. The van der Waals surface area contributed by atoms with Crippen LogP contribution in [0.1, 0.15) is 44.2 Å². The van der Waals surface area contributed by atoms with Gasteiger partial charge in [-0.25, -0.2) is 0 Å². The first-order chi connectivity index (χ1) is 10.1. The van der Waals surface area contributed by atoms with Crippen LogP contribution in [0.15, 0.2) is 12.1 Å². The van der Waals surface area contributed by atoms with Gasteiger partial charge in [0.15, 0.2) is 0 Å². The van der Waals surface area contributed by atoms with Crippen molar-refractivity contribution in [1.82, 2.24) is 4.90 Å². The summed E-state index contributed by atoms with van der Waals surface area (Å²) in [7, 11) is 0. The van der Waals surface area contributed by atoms with Crippen molar-refractivity contribution in [2.75, 3.05) is 13.1 Å². The summed E-state index contributed by atoms with van der Waals surface area (Å²) in [6, 6.07) is 3.67. The Labute approximate surface area is 131 Å². The van der Waals surface area contributed by atoms with Gasteiger partial charge in [0, 0.05) is 22.7 Å². The maximum absolute atomic E-state index is 11.2. The molecule has 1 aromatic carbocycles. The number of fused-ring (bicyclic) bond motifs is 1. The highest BCUT2D eigenvalue weighted by atomic mass is 35.5. The summed E-state index contributed by atoms with van der Waals surface area (Å²) in [6.45, 7) is 6.55. The maximum atomic E-state index is 11.2. The van der Waals surface area contributed by atoms with Gasteiger partial charge in [-0.15, -0.1) is 0 Å². The first-order valence-corrected chi connectivity index (χ1v) is 8.14. The van der Waals surface area contributed by atoms with Crippen molar-refractivity contribution >= 4 is 17.3 Å². The number of nitro benzene ring substituents is 1. The molecule has 21 heavy (non-hydrogen) atoms. The largest absolute Gasteiger partial charge is 0.300 e. The lowest BCUT2D eigenvalue weighted by atomic mass is 9.86. The second kappa shape index (κ2) is 7.23. The van der Waals surface area contributed by atoms with Crippen LogP contribution in [-0.2, 0) is 12.8 Å². The molecule has 0 fully saturated rings. The number of benzene rings is 1. The van der Waals surface area contributed by atoms with Gasteiger partial charge in [-0.05, 0) is 56.8 Å². The minimum atomic E-state index is -0.286. The summed E-state index contributed by atoms with van der Waals surface area (Å²) in [5.74, 6) is 0. The topological polar surface area (TPSA) is 46.4 Å². The Kier molecular flexibility index (Phi) is 5.59. The third kappa shape index (κ3) is 3.55. The monoisotopic (exact) mass is 310 g/mol. The van der Waals surface area contributed by atoms with Crippen LogP contribution in [0.25, 0.3) is 0 Å². The Morgan fingerprint density at radius 1 is 1.29 bits per heavy atom. The molecule has 0 aromatic heterocycles. The second-order valence-electron chi connectivity index (χ2n) is 5.71. The fourth-order valence-corrected chi connectivity index (χ4v) is 3.59. The van der Waals surface area contributed by atoms with Gasteiger partial charge in [0.25, 0.3) is 5.69 Å². The smallest absolute Gasteiger partial charge is 0.272 e. The first kappa shape index (κ1) is 16.2. The van der Waals surface area contributed by atoms with E-state index in [0.29, 0.717) is 11.1 Å². The van der Waals surface area contributed by atoms with E-state index in [-0.39, 0.29) is 10.6 Å². The fourth-order valence-electron chi connectivity index (χ4n) is 3.33. The molecule has 1 atom stereocenters. The summed E-state index contributed by atoms with van der Waals surface area (Å²) in [6.07, 6.45) is 4.82. The molecule has 0 aliphatic heterocycles. The Bertz CT molecular complexity index is 513. The molecule has 5 heteroatoms. The lowest BCUT2D eigenvalue weighted by Gasteiger charge is -2.35. The van der Waals surface area contributed by atoms with Crippen LogP contribution in [0, 0.1) is 10.1 Å². The van der Waals surface area contributed by atoms with Gasteiger partial charge in [-0.1, -0.05) is 25.4 Å². The number of nitro groups is 1. The molecular weight excluding hydrogens is 288 g/mol. The summed E-state index contributed by atoms with van der Waals surface area (Å²) < 4.78 is 0. The SMILES string of the molecule is CCCN(CCC)C1CCc2c([N+](=O)[O-])ccc(Cl)c2C1. The highest BCUT2D eigenvalue weighted by molar-refractivity contribution is 6.31. The van der Waals surface area contributed by atoms with E-state index < -0.39 is 0 Å². The van der Waals surface area contributed by atoms with Crippen LogP contribution in [0.2, 0.25) is 5.02 Å². The fraction of sp³-hybridized carbons (Fsp3) is 0.625. The maximum Gasteiger partial charge on any atom is 0.272 e. The van der Waals surface area contributed by atoms with Crippen molar-refractivity contribution in [1.29, 1.82) is 0 Å². The second-order valence-corrected chi connectivity index (χ2v) is 6.12. The average Bonchev–Trinajstić information content (AvgIpc) is 2.47. The zero-order valence-corrected chi connectivity index (χ0v) is 13.5. The number of hydrogen-bond acceptors (Lipinski definition) is 3. The molecule has 1 aromatic rings. The van der Waals surface area contributed by atoms with Gasteiger partial charge in [-0.3, -0.25) is 10.1 Å². The van der Waals surface area contributed by atoms with Gasteiger partial charge in [0.2, 0.25) is 0 Å². The summed E-state index contributed by atoms with van der Waals surface area (Å²) in [4.78, 5) is 13.4. The van der Waals surface area contributed by atoms with Crippen LogP contribution < -0.4 is 0 Å². The predicted molar refractivity (Wildman–Crippen MR) is 86.1 cm³/mol. The van der Waals surface area contributed by atoms with E-state index in [2.05, 4.69) is 18.7 Å². The lowest BCUT2D eigenvalue weighted by molar-refractivity contribution is -0.385. The van der Waals surface area contributed by atoms with E-state index in [1.807, 2.05) is 0 Å². The molecule has 1 aliphatic carbocycles. The van der Waals surface area contributed by atoms with E-state index in [4.69, 9.17) is 11.6 Å². The van der Waals surface area contributed by atoms with E-state index >= 15 is 0 Å². The van der Waals surface area contributed by atoms with Gasteiger partial charge in [-0.2, -0.15) is 0 Å². The average molecular weight is 311 g/mol. The summed E-state index contributed by atoms with van der Waals surface area (Å²) >= 11 is 6.30. The van der Waals surface area contributed by atoms with Gasteiger partial charge in [0.05, 0.1) is 4.92 Å². The third-order valence-electron chi connectivity index (χ3n) is 4.25. The van der Waals surface area contributed by atoms with Crippen molar-refractivity contribution in [3.63, 3.8) is 0 Å². The van der Waals surface area contributed by atoms with Crippen LogP contribution in [0.4, 0.5) is 5.69 Å². The molecule has 0 amide bonds. The number of halogens is 1. The summed E-state index contributed by atoms with van der Waals surface area (Å²) in [5, 5.41) is 11.8. The molecule has 0 heterocycles. The molecule has 1 unspecified atom stereocenters. The van der Waals surface area contributed by atoms with Crippen molar-refractivity contribution in [3.05, 3.63) is 38.4 Å². The van der Waals surface area contributed by atoms with E-state index in [1.165, 1.54) is 6.07 Å². The number of hydrogen-bond donors (Lipinski definition) is 0. The standard InChI is InChI=1S/C16H23ClN2O2/c1-3-9-18(10-4-2)12-5-6-13-14(11-12)15(17)7-8-16(13)19(20)21/h7-8,12H,3-6,9-11H2,1-2H3. The lowest BCUT2D eigenvalue weighted by Crippen LogP contribution is -2.40. The van der Waals surface area contributed by atoms with Crippen LogP contribution >= 0.6 is 11.6 Å². The highest BCUT2D eigenvalue weighted by Gasteiger charge is 2.29. The van der Waals surface area contributed by atoms with E-state index in [1.54, 1.807) is 6.07 Å². The molecule has 0 spiro atoms.